The number of fused-ring (bicyclic) bond motifs is 1. The molecule has 0 bridgehead atoms. The van der Waals surface area contributed by atoms with Crippen LogP contribution >= 0.6 is 0 Å². The van der Waals surface area contributed by atoms with Crippen molar-refractivity contribution in [3.05, 3.63) is 83.7 Å². The number of aromatic nitrogens is 1. The third-order valence-corrected chi connectivity index (χ3v) is 5.31. The first-order valence-electron chi connectivity index (χ1n) is 9.78. The van der Waals surface area contributed by atoms with Crippen molar-refractivity contribution in [2.24, 2.45) is 0 Å². The molecule has 2 aromatic carbocycles. The number of pyridine rings is 1. The fourth-order valence-corrected chi connectivity index (χ4v) is 3.87. The van der Waals surface area contributed by atoms with Crippen LogP contribution in [0.2, 0.25) is 0 Å². The molecule has 0 radical (unpaired) electrons. The molecule has 1 fully saturated rings. The highest BCUT2D eigenvalue weighted by molar-refractivity contribution is 6.46. The topological polar surface area (TPSA) is 79.7 Å². The van der Waals surface area contributed by atoms with Gasteiger partial charge in [0.05, 0.1) is 11.6 Å². The van der Waals surface area contributed by atoms with E-state index < -0.39 is 17.7 Å². The number of aliphatic hydroxyl groups is 1. The number of Topliss-reactive ketones (excluding diaryl/α,β-unsaturated/α-hetero) is 1. The fraction of sp³-hybridized carbons (Fsp3) is 0.208. The van der Waals surface area contributed by atoms with Crippen LogP contribution in [-0.4, -0.2) is 46.9 Å². The number of carbonyl (C=O) groups is 2. The smallest absolute Gasteiger partial charge is 0.295 e. The molecule has 0 spiro atoms. The van der Waals surface area contributed by atoms with Crippen LogP contribution in [0.4, 0.5) is 0 Å². The SMILES string of the molecule is COCCCN1C(=O)C(=O)/C(=C(\O)c2ccc3ccccc3c2)C1c1cccnc1. The molecule has 1 amide bonds. The summed E-state index contributed by atoms with van der Waals surface area (Å²) in [5, 5.41) is 13.1. The third-order valence-electron chi connectivity index (χ3n) is 5.31. The van der Waals surface area contributed by atoms with Crippen molar-refractivity contribution in [2.75, 3.05) is 20.3 Å². The molecule has 2 heterocycles. The zero-order chi connectivity index (χ0) is 21.1. The average Bonchev–Trinajstić information content (AvgIpc) is 3.04. The number of benzene rings is 2. The number of ether oxygens (including phenoxy) is 1. The van der Waals surface area contributed by atoms with Gasteiger partial charge in [-0.2, -0.15) is 0 Å². The second-order valence-electron chi connectivity index (χ2n) is 7.19. The van der Waals surface area contributed by atoms with E-state index >= 15 is 0 Å². The first-order chi connectivity index (χ1) is 14.6. The van der Waals surface area contributed by atoms with Gasteiger partial charge in [-0.1, -0.05) is 42.5 Å². The molecular formula is C24H22N2O4. The molecule has 1 unspecified atom stereocenters. The zero-order valence-electron chi connectivity index (χ0n) is 16.6. The molecule has 1 aliphatic rings. The van der Waals surface area contributed by atoms with Gasteiger partial charge in [-0.15, -0.1) is 0 Å². The Labute approximate surface area is 174 Å². The predicted molar refractivity (Wildman–Crippen MR) is 114 cm³/mol. The lowest BCUT2D eigenvalue weighted by Crippen LogP contribution is -2.31. The van der Waals surface area contributed by atoms with Gasteiger partial charge in [-0.05, 0) is 34.9 Å². The van der Waals surface area contributed by atoms with Crippen molar-refractivity contribution in [3.63, 3.8) is 0 Å². The van der Waals surface area contributed by atoms with Gasteiger partial charge in [0, 0.05) is 38.2 Å². The number of ketones is 1. The Hall–Kier alpha value is -3.51. The van der Waals surface area contributed by atoms with Crippen molar-refractivity contribution in [3.8, 4) is 0 Å². The van der Waals surface area contributed by atoms with E-state index in [-0.39, 0.29) is 11.3 Å². The predicted octanol–water partition coefficient (Wildman–Crippen LogP) is 3.69. The maximum Gasteiger partial charge on any atom is 0.295 e. The summed E-state index contributed by atoms with van der Waals surface area (Å²) in [5.74, 6) is -1.49. The lowest BCUT2D eigenvalue weighted by Gasteiger charge is -2.25. The summed E-state index contributed by atoms with van der Waals surface area (Å²) >= 11 is 0. The number of hydrogen-bond donors (Lipinski definition) is 1. The van der Waals surface area contributed by atoms with Crippen LogP contribution in [-0.2, 0) is 14.3 Å². The second-order valence-corrected chi connectivity index (χ2v) is 7.19. The van der Waals surface area contributed by atoms with Crippen LogP contribution in [0.1, 0.15) is 23.6 Å². The van der Waals surface area contributed by atoms with E-state index in [1.165, 1.54) is 4.90 Å². The minimum absolute atomic E-state index is 0.0840. The third kappa shape index (κ3) is 3.57. The average molecular weight is 402 g/mol. The van der Waals surface area contributed by atoms with Gasteiger partial charge in [-0.3, -0.25) is 14.6 Å². The highest BCUT2D eigenvalue weighted by Gasteiger charge is 2.45. The van der Waals surface area contributed by atoms with E-state index in [2.05, 4.69) is 4.98 Å². The summed E-state index contributed by atoms with van der Waals surface area (Å²) in [6, 6.07) is 16.1. The van der Waals surface area contributed by atoms with Crippen molar-refractivity contribution < 1.29 is 19.4 Å². The highest BCUT2D eigenvalue weighted by Crippen LogP contribution is 2.39. The lowest BCUT2D eigenvalue weighted by molar-refractivity contribution is -0.140. The number of aliphatic hydroxyl groups excluding tert-OH is 1. The number of hydrogen-bond acceptors (Lipinski definition) is 5. The Bertz CT molecular complexity index is 1120. The molecule has 1 aromatic heterocycles. The molecule has 0 saturated carbocycles. The first-order valence-corrected chi connectivity index (χ1v) is 9.78. The standard InChI is InChI=1S/C24H22N2O4/c1-30-13-5-12-26-21(19-8-4-11-25-15-19)20(23(28)24(26)29)22(27)18-10-9-16-6-2-3-7-17(16)14-18/h2-4,6-11,14-15,21,27H,5,12-13H2,1H3/b22-20-. The first kappa shape index (κ1) is 19.8. The Morgan fingerprint density at radius 1 is 1.10 bits per heavy atom. The number of rotatable bonds is 6. The van der Waals surface area contributed by atoms with Gasteiger partial charge >= 0.3 is 0 Å². The molecular weight excluding hydrogens is 380 g/mol. The van der Waals surface area contributed by atoms with E-state index in [0.29, 0.717) is 30.7 Å². The summed E-state index contributed by atoms with van der Waals surface area (Å²) in [7, 11) is 1.59. The normalized spacial score (nSPS) is 18.3. The molecule has 30 heavy (non-hydrogen) atoms. The monoisotopic (exact) mass is 402 g/mol. The van der Waals surface area contributed by atoms with E-state index in [0.717, 1.165) is 10.8 Å². The lowest BCUT2D eigenvalue weighted by atomic mass is 9.95. The molecule has 1 atom stereocenters. The summed E-state index contributed by atoms with van der Waals surface area (Å²) in [4.78, 5) is 31.4. The maximum absolute atomic E-state index is 12.9. The molecule has 1 N–H and O–H groups in total. The van der Waals surface area contributed by atoms with Crippen LogP contribution in [0, 0.1) is 0 Å². The summed E-state index contributed by atoms with van der Waals surface area (Å²) in [5.41, 5.74) is 1.26. The molecule has 1 aliphatic heterocycles. The maximum atomic E-state index is 12.9. The van der Waals surface area contributed by atoms with Gasteiger partial charge in [0.2, 0.25) is 0 Å². The van der Waals surface area contributed by atoms with Crippen molar-refractivity contribution >= 4 is 28.2 Å². The minimum atomic E-state index is -0.693. The van der Waals surface area contributed by atoms with Gasteiger partial charge in [-0.25, -0.2) is 0 Å². The molecule has 0 aliphatic carbocycles. The minimum Gasteiger partial charge on any atom is -0.507 e. The van der Waals surface area contributed by atoms with Crippen LogP contribution in [0.25, 0.3) is 16.5 Å². The van der Waals surface area contributed by atoms with E-state index in [4.69, 9.17) is 4.74 Å². The number of amides is 1. The highest BCUT2D eigenvalue weighted by atomic mass is 16.5. The van der Waals surface area contributed by atoms with E-state index in [1.54, 1.807) is 37.7 Å². The molecule has 4 rings (SSSR count). The van der Waals surface area contributed by atoms with Crippen molar-refractivity contribution in [1.29, 1.82) is 0 Å². The fourth-order valence-electron chi connectivity index (χ4n) is 3.87. The van der Waals surface area contributed by atoms with E-state index in [9.17, 15) is 14.7 Å². The largest absolute Gasteiger partial charge is 0.507 e. The van der Waals surface area contributed by atoms with E-state index in [1.807, 2.05) is 36.4 Å². The summed E-state index contributed by atoms with van der Waals surface area (Å²) in [6.07, 6.45) is 3.83. The number of likely N-dealkylation sites (tertiary alicyclic amines) is 1. The van der Waals surface area contributed by atoms with Gasteiger partial charge < -0.3 is 14.7 Å². The molecule has 3 aromatic rings. The Morgan fingerprint density at radius 2 is 1.90 bits per heavy atom. The Kier molecular flexibility index (Phi) is 5.59. The summed E-state index contributed by atoms with van der Waals surface area (Å²) in [6.45, 7) is 0.805. The number of nitrogens with zero attached hydrogens (tertiary/aromatic N) is 2. The zero-order valence-corrected chi connectivity index (χ0v) is 16.6. The van der Waals surface area contributed by atoms with Crippen LogP contribution in [0.5, 0.6) is 0 Å². The van der Waals surface area contributed by atoms with Gasteiger partial charge in [0.15, 0.2) is 0 Å². The number of carbonyl (C=O) groups excluding carboxylic acids is 2. The molecule has 6 nitrogen and oxygen atoms in total. The quantitative estimate of drug-likeness (QED) is 0.294. The van der Waals surface area contributed by atoms with Crippen LogP contribution in [0.3, 0.4) is 0 Å². The molecule has 152 valence electrons. The molecule has 1 saturated heterocycles. The van der Waals surface area contributed by atoms with Crippen molar-refractivity contribution in [2.45, 2.75) is 12.5 Å². The van der Waals surface area contributed by atoms with Crippen LogP contribution < -0.4 is 0 Å². The van der Waals surface area contributed by atoms with Crippen molar-refractivity contribution in [1.82, 2.24) is 9.88 Å². The second kappa shape index (κ2) is 8.47. The molecule has 6 heteroatoms. The van der Waals surface area contributed by atoms with Gasteiger partial charge in [0.25, 0.3) is 11.7 Å². The Balaban J connectivity index is 1.83. The Morgan fingerprint density at radius 3 is 2.63 bits per heavy atom. The number of methoxy groups -OCH3 is 1. The van der Waals surface area contributed by atoms with Gasteiger partial charge in [0.1, 0.15) is 5.76 Å². The van der Waals surface area contributed by atoms with Crippen LogP contribution in [0.15, 0.2) is 72.6 Å². The summed E-state index contributed by atoms with van der Waals surface area (Å²) < 4.78 is 5.09.